The van der Waals surface area contributed by atoms with Gasteiger partial charge in [-0.25, -0.2) is 0 Å². The molecule has 0 atom stereocenters. The number of carbonyl (C=O) groups excluding carboxylic acids is 1. The molecule has 1 N–H and O–H groups in total. The number of aliphatic imine (C=N–C) groups is 1. The molecule has 1 aliphatic rings. The van der Waals surface area contributed by atoms with Crippen LogP contribution in [0.15, 0.2) is 17.1 Å². The molecule has 1 amide bonds. The van der Waals surface area contributed by atoms with Gasteiger partial charge in [-0.05, 0) is 38.2 Å². The maximum absolute atomic E-state index is 11.7. The second-order valence-corrected chi connectivity index (χ2v) is 3.82. The van der Waals surface area contributed by atoms with Gasteiger partial charge in [0.1, 0.15) is 5.71 Å². The lowest BCUT2D eigenvalue weighted by atomic mass is 10.2. The SMILES string of the molecule is CC/C=C\C(=NCC)C(=O)NCC1CC1. The van der Waals surface area contributed by atoms with Crippen LogP contribution in [-0.4, -0.2) is 24.7 Å². The number of nitrogens with zero attached hydrogens (tertiary/aromatic N) is 1. The Morgan fingerprint density at radius 3 is 2.73 bits per heavy atom. The highest BCUT2D eigenvalue weighted by molar-refractivity contribution is 6.43. The van der Waals surface area contributed by atoms with Gasteiger partial charge in [-0.1, -0.05) is 13.0 Å². The van der Waals surface area contributed by atoms with E-state index in [2.05, 4.69) is 10.3 Å². The Kier molecular flexibility index (Phi) is 5.08. The number of hydrogen-bond donors (Lipinski definition) is 1. The number of rotatable bonds is 6. The molecule has 15 heavy (non-hydrogen) atoms. The zero-order chi connectivity index (χ0) is 11.1. The molecule has 1 fully saturated rings. The molecule has 0 aliphatic heterocycles. The molecule has 1 rings (SSSR count). The second-order valence-electron chi connectivity index (χ2n) is 3.82. The lowest BCUT2D eigenvalue weighted by Crippen LogP contribution is -2.31. The lowest BCUT2D eigenvalue weighted by molar-refractivity contribution is -0.114. The van der Waals surface area contributed by atoms with Crippen LogP contribution in [0.2, 0.25) is 0 Å². The zero-order valence-corrected chi connectivity index (χ0v) is 9.62. The van der Waals surface area contributed by atoms with Crippen LogP contribution < -0.4 is 5.32 Å². The van der Waals surface area contributed by atoms with Crippen molar-refractivity contribution >= 4 is 11.6 Å². The van der Waals surface area contributed by atoms with E-state index in [4.69, 9.17) is 0 Å². The normalized spacial score (nSPS) is 17.1. The third kappa shape index (κ3) is 4.77. The standard InChI is InChI=1S/C12H20N2O/c1-3-5-6-11(13-4-2)12(15)14-9-10-7-8-10/h5-6,10H,3-4,7-9H2,1-2H3,(H,14,15)/b6-5-,13-11?. The third-order valence-corrected chi connectivity index (χ3v) is 2.32. The van der Waals surface area contributed by atoms with E-state index in [1.54, 1.807) is 0 Å². The van der Waals surface area contributed by atoms with Gasteiger partial charge >= 0.3 is 0 Å². The molecule has 0 heterocycles. The molecular formula is C12H20N2O. The highest BCUT2D eigenvalue weighted by Gasteiger charge is 2.22. The molecule has 0 unspecified atom stereocenters. The van der Waals surface area contributed by atoms with Crippen molar-refractivity contribution in [1.29, 1.82) is 0 Å². The van der Waals surface area contributed by atoms with E-state index in [9.17, 15) is 4.79 Å². The van der Waals surface area contributed by atoms with Gasteiger partial charge < -0.3 is 5.32 Å². The van der Waals surface area contributed by atoms with Crippen molar-refractivity contribution in [2.75, 3.05) is 13.1 Å². The van der Waals surface area contributed by atoms with Gasteiger partial charge in [0.15, 0.2) is 0 Å². The van der Waals surface area contributed by atoms with E-state index in [1.807, 2.05) is 26.0 Å². The molecule has 3 heteroatoms. The van der Waals surface area contributed by atoms with Crippen LogP contribution in [0.4, 0.5) is 0 Å². The first kappa shape index (κ1) is 12.0. The average Bonchev–Trinajstić information content (AvgIpc) is 3.04. The first-order chi connectivity index (χ1) is 7.27. The van der Waals surface area contributed by atoms with Crippen LogP contribution in [0.5, 0.6) is 0 Å². The fourth-order valence-electron chi connectivity index (χ4n) is 1.25. The summed E-state index contributed by atoms with van der Waals surface area (Å²) in [6.45, 7) is 5.44. The summed E-state index contributed by atoms with van der Waals surface area (Å²) < 4.78 is 0. The van der Waals surface area contributed by atoms with Crippen molar-refractivity contribution in [2.45, 2.75) is 33.1 Å². The highest BCUT2D eigenvalue weighted by Crippen LogP contribution is 2.27. The van der Waals surface area contributed by atoms with Gasteiger partial charge in [-0.15, -0.1) is 0 Å². The molecule has 3 nitrogen and oxygen atoms in total. The topological polar surface area (TPSA) is 41.5 Å². The summed E-state index contributed by atoms with van der Waals surface area (Å²) in [7, 11) is 0. The van der Waals surface area contributed by atoms with Gasteiger partial charge in [0.05, 0.1) is 0 Å². The van der Waals surface area contributed by atoms with Crippen molar-refractivity contribution < 1.29 is 4.79 Å². The minimum absolute atomic E-state index is 0.0338. The summed E-state index contributed by atoms with van der Waals surface area (Å²) in [5, 5.41) is 2.92. The molecule has 1 saturated carbocycles. The monoisotopic (exact) mass is 208 g/mol. The molecule has 84 valence electrons. The van der Waals surface area contributed by atoms with Crippen molar-refractivity contribution in [1.82, 2.24) is 5.32 Å². The number of hydrogen-bond acceptors (Lipinski definition) is 2. The summed E-state index contributed by atoms with van der Waals surface area (Å²) >= 11 is 0. The first-order valence-corrected chi connectivity index (χ1v) is 5.77. The van der Waals surface area contributed by atoms with Crippen LogP contribution in [0.1, 0.15) is 33.1 Å². The van der Waals surface area contributed by atoms with E-state index >= 15 is 0 Å². The first-order valence-electron chi connectivity index (χ1n) is 5.77. The van der Waals surface area contributed by atoms with Crippen molar-refractivity contribution in [3.05, 3.63) is 12.2 Å². The second kappa shape index (κ2) is 6.38. The molecule has 0 aromatic heterocycles. The Labute approximate surface area is 91.7 Å². The Balaban J connectivity index is 2.42. The number of allylic oxidation sites excluding steroid dienone is 1. The minimum Gasteiger partial charge on any atom is -0.350 e. The van der Waals surface area contributed by atoms with Crippen LogP contribution >= 0.6 is 0 Å². The average molecular weight is 208 g/mol. The summed E-state index contributed by atoms with van der Waals surface area (Å²) in [5.41, 5.74) is 0.556. The number of amides is 1. The van der Waals surface area contributed by atoms with Gasteiger partial charge in [0.2, 0.25) is 0 Å². The Morgan fingerprint density at radius 2 is 2.20 bits per heavy atom. The van der Waals surface area contributed by atoms with E-state index in [1.165, 1.54) is 12.8 Å². The van der Waals surface area contributed by atoms with Crippen molar-refractivity contribution in [2.24, 2.45) is 10.9 Å². The molecule has 0 spiro atoms. The highest BCUT2D eigenvalue weighted by atomic mass is 16.1. The smallest absolute Gasteiger partial charge is 0.269 e. The number of carbonyl (C=O) groups is 1. The molecule has 0 saturated heterocycles. The Bertz CT molecular complexity index is 265. The van der Waals surface area contributed by atoms with E-state index in [0.29, 0.717) is 18.2 Å². The third-order valence-electron chi connectivity index (χ3n) is 2.32. The Morgan fingerprint density at radius 1 is 1.47 bits per heavy atom. The molecule has 0 aromatic rings. The van der Waals surface area contributed by atoms with Gasteiger partial charge in [0.25, 0.3) is 5.91 Å². The predicted molar refractivity (Wildman–Crippen MR) is 63.1 cm³/mol. The predicted octanol–water partition coefficient (Wildman–Crippen LogP) is 1.94. The van der Waals surface area contributed by atoms with E-state index in [0.717, 1.165) is 13.0 Å². The van der Waals surface area contributed by atoms with Crippen LogP contribution in [0.3, 0.4) is 0 Å². The van der Waals surface area contributed by atoms with Crippen LogP contribution in [-0.2, 0) is 4.79 Å². The summed E-state index contributed by atoms with van der Waals surface area (Å²) in [6, 6.07) is 0. The zero-order valence-electron chi connectivity index (χ0n) is 9.62. The van der Waals surface area contributed by atoms with Crippen LogP contribution in [0.25, 0.3) is 0 Å². The molecule has 1 aliphatic carbocycles. The molecular weight excluding hydrogens is 188 g/mol. The maximum atomic E-state index is 11.7. The fourth-order valence-corrected chi connectivity index (χ4v) is 1.25. The van der Waals surface area contributed by atoms with Crippen molar-refractivity contribution in [3.8, 4) is 0 Å². The van der Waals surface area contributed by atoms with Gasteiger partial charge in [0, 0.05) is 13.1 Å². The van der Waals surface area contributed by atoms with Crippen LogP contribution in [0, 0.1) is 5.92 Å². The van der Waals surface area contributed by atoms with Gasteiger partial charge in [-0.2, -0.15) is 0 Å². The molecule has 0 bridgehead atoms. The van der Waals surface area contributed by atoms with Crippen molar-refractivity contribution in [3.63, 3.8) is 0 Å². The quantitative estimate of drug-likeness (QED) is 0.666. The summed E-state index contributed by atoms with van der Waals surface area (Å²) in [6.07, 6.45) is 7.21. The lowest BCUT2D eigenvalue weighted by Gasteiger charge is -2.03. The summed E-state index contributed by atoms with van der Waals surface area (Å²) in [4.78, 5) is 15.9. The number of nitrogens with one attached hydrogen (secondary N) is 1. The summed E-state index contributed by atoms with van der Waals surface area (Å²) in [5.74, 6) is 0.681. The van der Waals surface area contributed by atoms with E-state index < -0.39 is 0 Å². The molecule has 0 aromatic carbocycles. The fraction of sp³-hybridized carbons (Fsp3) is 0.667. The van der Waals surface area contributed by atoms with Gasteiger partial charge in [-0.3, -0.25) is 9.79 Å². The Hall–Kier alpha value is -1.12. The maximum Gasteiger partial charge on any atom is 0.269 e. The minimum atomic E-state index is -0.0338. The molecule has 0 radical (unpaired) electrons. The van der Waals surface area contributed by atoms with E-state index in [-0.39, 0.29) is 5.91 Å². The largest absolute Gasteiger partial charge is 0.350 e.